The monoisotopic (exact) mass is 551 g/mol. The quantitative estimate of drug-likeness (QED) is 0.0772. The van der Waals surface area contributed by atoms with Crippen molar-refractivity contribution >= 4 is 16.2 Å². The third-order valence-corrected chi connectivity index (χ3v) is 7.85. The Hall–Kier alpha value is -1.17. The molecule has 1 rings (SSSR count). The van der Waals surface area contributed by atoms with Gasteiger partial charge in [-0.25, -0.2) is 8.42 Å². The number of quaternary nitrogens is 1. The lowest BCUT2D eigenvalue weighted by atomic mass is 10.1. The van der Waals surface area contributed by atoms with Gasteiger partial charge >= 0.3 is 0 Å². The van der Waals surface area contributed by atoms with E-state index in [1.54, 1.807) is 24.3 Å². The van der Waals surface area contributed by atoms with E-state index in [4.69, 9.17) is 0 Å². The van der Waals surface area contributed by atoms with Crippen molar-refractivity contribution in [3.63, 3.8) is 0 Å². The van der Waals surface area contributed by atoms with Crippen molar-refractivity contribution in [2.75, 3.05) is 26.7 Å². The summed E-state index contributed by atoms with van der Waals surface area (Å²) in [6.07, 6.45) is 27.1. The minimum absolute atomic E-state index is 0.641. The molecular weight excluding hydrogens is 490 g/mol. The van der Waals surface area contributed by atoms with Crippen LogP contribution in [0.25, 0.3) is 6.08 Å². The second kappa shape index (κ2) is 24.8. The van der Waals surface area contributed by atoms with E-state index in [1.165, 1.54) is 146 Å². The van der Waals surface area contributed by atoms with Crippen LogP contribution in [0.4, 0.5) is 0 Å². The summed E-state index contributed by atoms with van der Waals surface area (Å²) in [5, 5.41) is 0.641. The highest BCUT2D eigenvalue weighted by atomic mass is 32.2. The summed E-state index contributed by atoms with van der Waals surface area (Å²) in [7, 11) is -1.69. The number of hydrogen-bond donors (Lipinski definition) is 0. The van der Waals surface area contributed by atoms with Crippen molar-refractivity contribution in [2.24, 2.45) is 0 Å². The molecule has 0 aliphatic heterocycles. The van der Waals surface area contributed by atoms with Gasteiger partial charge in [0.25, 0.3) is 0 Å². The molecule has 5 heteroatoms. The Morgan fingerprint density at radius 2 is 0.947 bits per heavy atom. The summed E-state index contributed by atoms with van der Waals surface area (Å²) in [5.41, 5.74) is 0.692. The molecule has 0 amide bonds. The Labute approximate surface area is 237 Å². The van der Waals surface area contributed by atoms with Gasteiger partial charge in [-0.3, -0.25) is 0 Å². The minimum Gasteiger partial charge on any atom is -0.744 e. The average Bonchev–Trinajstić information content (AvgIpc) is 2.90. The number of unbranched alkanes of at least 4 members (excludes halogenated alkanes) is 15. The molecule has 0 heterocycles. The highest BCUT2D eigenvalue weighted by Gasteiger charge is 2.20. The van der Waals surface area contributed by atoms with Crippen LogP contribution in [0.5, 0.6) is 0 Å². The first kappa shape index (κ1) is 36.8. The second-order valence-corrected chi connectivity index (χ2v) is 12.6. The Morgan fingerprint density at radius 3 is 1.29 bits per heavy atom. The summed E-state index contributed by atoms with van der Waals surface area (Å²) in [6, 6.07) is 8.75. The van der Waals surface area contributed by atoms with Crippen molar-refractivity contribution in [3.8, 4) is 0 Å². The molecule has 0 saturated heterocycles. The van der Waals surface area contributed by atoms with Crippen LogP contribution in [0.1, 0.15) is 142 Å². The van der Waals surface area contributed by atoms with Gasteiger partial charge < -0.3 is 9.04 Å². The normalized spacial score (nSPS) is 12.0. The van der Waals surface area contributed by atoms with Gasteiger partial charge in [-0.05, 0) is 50.2 Å². The predicted octanol–water partition coefficient (Wildman–Crippen LogP) is 9.72. The third-order valence-electron chi connectivity index (χ3n) is 7.38. The summed E-state index contributed by atoms with van der Waals surface area (Å²) in [5.74, 6) is 0. The van der Waals surface area contributed by atoms with Crippen LogP contribution in [-0.2, 0) is 10.1 Å². The Morgan fingerprint density at radius 1 is 0.605 bits per heavy atom. The molecule has 0 bridgehead atoms. The van der Waals surface area contributed by atoms with Crippen molar-refractivity contribution in [3.05, 3.63) is 41.3 Å². The second-order valence-electron chi connectivity index (χ2n) is 11.3. The highest BCUT2D eigenvalue weighted by Crippen LogP contribution is 2.16. The zero-order chi connectivity index (χ0) is 28.4. The molecule has 222 valence electrons. The van der Waals surface area contributed by atoms with Crippen LogP contribution in [0.3, 0.4) is 0 Å². The van der Waals surface area contributed by atoms with Gasteiger partial charge in [0.05, 0.1) is 26.7 Å². The highest BCUT2D eigenvalue weighted by molar-refractivity contribution is 7.88. The fourth-order valence-electron chi connectivity index (χ4n) is 4.88. The third kappa shape index (κ3) is 25.1. The fraction of sp³-hybridized carbons (Fsp3) is 0.758. The minimum atomic E-state index is -4.25. The van der Waals surface area contributed by atoms with E-state index in [2.05, 4.69) is 27.8 Å². The standard InChI is InChI=1S/C25H54N.C8H8O3S/c1-5-8-11-14-17-20-23-26(4,24-21-18-15-12-9-6-2)25-22-19-16-13-10-7-3;9-12(10,11)7-6-8-4-2-1-3-5-8/h5-25H2,1-4H3;1-7H,(H,9,10,11)/q+1;/p-1. The molecule has 0 fully saturated rings. The van der Waals surface area contributed by atoms with E-state index in [9.17, 15) is 13.0 Å². The average molecular weight is 552 g/mol. The zero-order valence-corrected chi connectivity index (χ0v) is 26.3. The van der Waals surface area contributed by atoms with Crippen LogP contribution in [0.2, 0.25) is 0 Å². The molecule has 0 aromatic heterocycles. The number of rotatable bonds is 23. The number of benzene rings is 1. The molecule has 0 spiro atoms. The summed E-state index contributed by atoms with van der Waals surface area (Å²) < 4.78 is 31.8. The van der Waals surface area contributed by atoms with Gasteiger partial charge in [-0.15, -0.1) is 0 Å². The SMILES string of the molecule is CCCCCCCC[N+](C)(CCCCCCCC)CCCCCCCC.O=S(=O)([O-])C=Cc1ccccc1. The Kier molecular flexibility index (Phi) is 24.1. The molecule has 0 N–H and O–H groups in total. The fourth-order valence-corrected chi connectivity index (χ4v) is 5.21. The lowest BCUT2D eigenvalue weighted by Crippen LogP contribution is -2.46. The van der Waals surface area contributed by atoms with Crippen LogP contribution < -0.4 is 0 Å². The van der Waals surface area contributed by atoms with Crippen molar-refractivity contribution < 1.29 is 17.5 Å². The predicted molar refractivity (Wildman–Crippen MR) is 166 cm³/mol. The molecule has 38 heavy (non-hydrogen) atoms. The van der Waals surface area contributed by atoms with Gasteiger partial charge in [-0.2, -0.15) is 0 Å². The van der Waals surface area contributed by atoms with E-state index in [1.807, 2.05) is 6.07 Å². The molecular formula is C33H61NO3S. The number of hydrogen-bond acceptors (Lipinski definition) is 3. The molecule has 0 aliphatic rings. The Bertz CT molecular complexity index is 721. The van der Waals surface area contributed by atoms with Crippen LogP contribution in [-0.4, -0.2) is 44.1 Å². The molecule has 1 aromatic carbocycles. The topological polar surface area (TPSA) is 57.2 Å². The maximum atomic E-state index is 10.2. The van der Waals surface area contributed by atoms with Crippen molar-refractivity contribution in [1.29, 1.82) is 0 Å². The summed E-state index contributed by atoms with van der Waals surface area (Å²) >= 11 is 0. The van der Waals surface area contributed by atoms with Crippen LogP contribution in [0, 0.1) is 0 Å². The first-order valence-corrected chi connectivity index (χ1v) is 17.3. The van der Waals surface area contributed by atoms with E-state index < -0.39 is 10.1 Å². The van der Waals surface area contributed by atoms with Gasteiger partial charge in [-0.1, -0.05) is 128 Å². The molecule has 0 atom stereocenters. The maximum absolute atomic E-state index is 10.2. The molecule has 0 saturated carbocycles. The first-order valence-electron chi connectivity index (χ1n) is 15.8. The van der Waals surface area contributed by atoms with Crippen LogP contribution >= 0.6 is 0 Å². The molecule has 1 aromatic rings. The van der Waals surface area contributed by atoms with E-state index in [-0.39, 0.29) is 0 Å². The Balaban J connectivity index is 0.000000942. The first-order chi connectivity index (χ1) is 18.3. The number of nitrogens with zero attached hydrogens (tertiary/aromatic N) is 1. The largest absolute Gasteiger partial charge is 0.744 e. The van der Waals surface area contributed by atoms with E-state index in [0.29, 0.717) is 11.0 Å². The summed E-state index contributed by atoms with van der Waals surface area (Å²) in [6.45, 7) is 11.2. The van der Waals surface area contributed by atoms with E-state index in [0.717, 1.165) is 0 Å². The van der Waals surface area contributed by atoms with Gasteiger partial charge in [0.2, 0.25) is 0 Å². The van der Waals surface area contributed by atoms with Gasteiger partial charge in [0.1, 0.15) is 10.1 Å². The molecule has 0 radical (unpaired) electrons. The zero-order valence-electron chi connectivity index (χ0n) is 25.5. The van der Waals surface area contributed by atoms with Crippen molar-refractivity contribution in [2.45, 2.75) is 136 Å². The molecule has 0 aliphatic carbocycles. The molecule has 4 nitrogen and oxygen atoms in total. The van der Waals surface area contributed by atoms with Gasteiger partial charge in [0.15, 0.2) is 0 Å². The molecule has 0 unspecified atom stereocenters. The lowest BCUT2D eigenvalue weighted by molar-refractivity contribution is -0.910. The van der Waals surface area contributed by atoms with Gasteiger partial charge in [0, 0.05) is 5.41 Å². The summed E-state index contributed by atoms with van der Waals surface area (Å²) in [4.78, 5) is 0. The van der Waals surface area contributed by atoms with Crippen molar-refractivity contribution in [1.82, 2.24) is 0 Å². The van der Waals surface area contributed by atoms with Crippen LogP contribution in [0.15, 0.2) is 35.7 Å². The lowest BCUT2D eigenvalue weighted by Gasteiger charge is -2.35. The smallest absolute Gasteiger partial charge is 0.117 e. The maximum Gasteiger partial charge on any atom is 0.117 e. The van der Waals surface area contributed by atoms with E-state index >= 15 is 0 Å².